The van der Waals surface area contributed by atoms with Crippen molar-refractivity contribution in [2.45, 2.75) is 24.9 Å². The van der Waals surface area contributed by atoms with Crippen LogP contribution < -0.4 is 4.90 Å². The molecule has 2 heterocycles. The monoisotopic (exact) mass is 429 g/mol. The lowest BCUT2D eigenvalue weighted by Gasteiger charge is -2.39. The number of aromatic nitrogens is 2. The van der Waals surface area contributed by atoms with Crippen LogP contribution in [0.3, 0.4) is 0 Å². The Labute approximate surface area is 185 Å². The highest BCUT2D eigenvalue weighted by Crippen LogP contribution is 2.35. The van der Waals surface area contributed by atoms with Gasteiger partial charge in [-0.15, -0.1) is 0 Å². The van der Waals surface area contributed by atoms with E-state index in [-0.39, 0.29) is 11.6 Å². The summed E-state index contributed by atoms with van der Waals surface area (Å²) in [6.07, 6.45) is 1.76. The van der Waals surface area contributed by atoms with Crippen molar-refractivity contribution in [3.05, 3.63) is 84.2 Å². The average molecular weight is 429 g/mol. The highest BCUT2D eigenvalue weighted by atomic mass is 19.1. The molecule has 6 heteroatoms. The molecule has 32 heavy (non-hydrogen) atoms. The Morgan fingerprint density at radius 2 is 1.62 bits per heavy atom. The number of aliphatic hydroxyl groups is 1. The number of hydrogen-bond acceptors (Lipinski definition) is 5. The lowest BCUT2D eigenvalue weighted by molar-refractivity contribution is 0.0165. The predicted octanol–water partition coefficient (Wildman–Crippen LogP) is 4.72. The zero-order valence-electron chi connectivity index (χ0n) is 17.6. The third kappa shape index (κ3) is 4.01. The van der Waals surface area contributed by atoms with Gasteiger partial charge in [-0.25, -0.2) is 14.4 Å². The van der Waals surface area contributed by atoms with Gasteiger partial charge in [0.05, 0.1) is 16.7 Å². The highest BCUT2D eigenvalue weighted by Gasteiger charge is 2.33. The largest absolute Gasteiger partial charge is 0.507 e. The van der Waals surface area contributed by atoms with Gasteiger partial charge in [-0.3, -0.25) is 0 Å². The number of phenolic OH excluding ortho intramolecular Hbond substituents is 1. The van der Waals surface area contributed by atoms with E-state index < -0.39 is 5.60 Å². The molecule has 0 radical (unpaired) electrons. The third-order valence-corrected chi connectivity index (χ3v) is 6.15. The molecule has 0 aliphatic carbocycles. The summed E-state index contributed by atoms with van der Waals surface area (Å²) in [5.41, 5.74) is 1.46. The first-order chi connectivity index (χ1) is 15.5. The van der Waals surface area contributed by atoms with Crippen molar-refractivity contribution in [2.75, 3.05) is 18.0 Å². The fraction of sp³-hybridized carbons (Fsp3) is 0.231. The average Bonchev–Trinajstić information content (AvgIpc) is 2.80. The Morgan fingerprint density at radius 1 is 0.906 bits per heavy atom. The number of anilines is 1. The summed E-state index contributed by atoms with van der Waals surface area (Å²) in [5, 5.41) is 22.1. The number of para-hydroxylation sites is 1. The van der Waals surface area contributed by atoms with Crippen LogP contribution in [0.5, 0.6) is 5.75 Å². The molecule has 162 valence electrons. The van der Waals surface area contributed by atoms with Crippen molar-refractivity contribution in [3.8, 4) is 17.1 Å². The summed E-state index contributed by atoms with van der Waals surface area (Å²) in [4.78, 5) is 11.4. The molecule has 0 atom stereocenters. The van der Waals surface area contributed by atoms with Crippen LogP contribution in [0, 0.1) is 5.82 Å². The van der Waals surface area contributed by atoms with Gasteiger partial charge in [0.15, 0.2) is 5.82 Å². The molecular formula is C26H24FN3O2. The van der Waals surface area contributed by atoms with Gasteiger partial charge >= 0.3 is 0 Å². The Kier molecular flexibility index (Phi) is 5.23. The third-order valence-electron chi connectivity index (χ3n) is 6.15. The molecule has 1 aromatic heterocycles. The molecule has 5 rings (SSSR count). The smallest absolute Gasteiger partial charge is 0.165 e. The maximum atomic E-state index is 14.1. The molecule has 1 saturated heterocycles. The van der Waals surface area contributed by atoms with E-state index in [1.807, 2.05) is 36.4 Å². The number of rotatable bonds is 4. The van der Waals surface area contributed by atoms with Crippen LogP contribution in [-0.4, -0.2) is 38.9 Å². The minimum Gasteiger partial charge on any atom is -0.507 e. The van der Waals surface area contributed by atoms with Crippen molar-refractivity contribution < 1.29 is 14.6 Å². The topological polar surface area (TPSA) is 69.5 Å². The zero-order chi connectivity index (χ0) is 22.1. The molecule has 2 N–H and O–H groups in total. The van der Waals surface area contributed by atoms with E-state index in [2.05, 4.69) is 9.88 Å². The van der Waals surface area contributed by atoms with E-state index in [1.54, 1.807) is 24.3 Å². The van der Waals surface area contributed by atoms with Gasteiger partial charge in [-0.1, -0.05) is 42.5 Å². The highest BCUT2D eigenvalue weighted by molar-refractivity contribution is 5.91. The first-order valence-corrected chi connectivity index (χ1v) is 10.8. The minimum atomic E-state index is -0.785. The van der Waals surface area contributed by atoms with Gasteiger partial charge in [0.1, 0.15) is 17.4 Å². The summed E-state index contributed by atoms with van der Waals surface area (Å²) < 4.78 is 14.1. The molecule has 0 spiro atoms. The maximum absolute atomic E-state index is 14.1. The van der Waals surface area contributed by atoms with Crippen LogP contribution in [-0.2, 0) is 6.42 Å². The second-order valence-electron chi connectivity index (χ2n) is 8.42. The summed E-state index contributed by atoms with van der Waals surface area (Å²) in [5.74, 6) is 0.753. The molecule has 4 aromatic rings. The van der Waals surface area contributed by atoms with Crippen LogP contribution in [0.1, 0.15) is 18.4 Å². The van der Waals surface area contributed by atoms with E-state index in [9.17, 15) is 14.6 Å². The minimum absolute atomic E-state index is 0.0933. The van der Waals surface area contributed by atoms with Crippen LogP contribution in [0.15, 0.2) is 72.8 Å². The first-order valence-electron chi connectivity index (χ1n) is 10.8. The van der Waals surface area contributed by atoms with Gasteiger partial charge in [-0.05, 0) is 48.7 Å². The van der Waals surface area contributed by atoms with Crippen molar-refractivity contribution in [1.29, 1.82) is 0 Å². The Bertz CT molecular complexity index is 1250. The van der Waals surface area contributed by atoms with E-state index in [4.69, 9.17) is 4.98 Å². The number of aromatic hydroxyl groups is 1. The van der Waals surface area contributed by atoms with Gasteiger partial charge in [-0.2, -0.15) is 0 Å². The van der Waals surface area contributed by atoms with Crippen molar-refractivity contribution >= 4 is 16.7 Å². The summed E-state index contributed by atoms with van der Waals surface area (Å²) in [6.45, 7) is 1.18. The van der Waals surface area contributed by atoms with Crippen LogP contribution >= 0.6 is 0 Å². The lowest BCUT2D eigenvalue weighted by Crippen LogP contribution is -2.46. The Hall–Kier alpha value is -3.51. The molecule has 3 aromatic carbocycles. The molecule has 0 saturated carbocycles. The summed E-state index contributed by atoms with van der Waals surface area (Å²) in [7, 11) is 0. The van der Waals surface area contributed by atoms with Gasteiger partial charge in [0.2, 0.25) is 0 Å². The standard InChI is InChI=1S/C26H24FN3O2/c27-19-10-11-22-21(16-19)25(29-24(28-22)20-8-4-5-9-23(20)31)30-14-12-26(32,13-15-30)17-18-6-2-1-3-7-18/h1-11,16,31-32H,12-15,17H2. The van der Waals surface area contributed by atoms with Gasteiger partial charge < -0.3 is 15.1 Å². The lowest BCUT2D eigenvalue weighted by atomic mass is 9.85. The zero-order valence-corrected chi connectivity index (χ0v) is 17.6. The van der Waals surface area contributed by atoms with Crippen molar-refractivity contribution in [1.82, 2.24) is 9.97 Å². The SMILES string of the molecule is Oc1ccccc1-c1nc(N2CCC(O)(Cc3ccccc3)CC2)c2cc(F)ccc2n1. The molecule has 0 amide bonds. The van der Waals surface area contributed by atoms with Gasteiger partial charge in [0, 0.05) is 24.9 Å². The van der Waals surface area contributed by atoms with Crippen molar-refractivity contribution in [2.24, 2.45) is 0 Å². The Balaban J connectivity index is 1.48. The van der Waals surface area contributed by atoms with E-state index >= 15 is 0 Å². The predicted molar refractivity (Wildman–Crippen MR) is 123 cm³/mol. The molecule has 1 aliphatic heterocycles. The first kappa shape index (κ1) is 20.4. The number of nitrogens with zero attached hydrogens (tertiary/aromatic N) is 3. The van der Waals surface area contributed by atoms with E-state index in [1.165, 1.54) is 12.1 Å². The quantitative estimate of drug-likeness (QED) is 0.492. The summed E-state index contributed by atoms with van der Waals surface area (Å²) >= 11 is 0. The second-order valence-corrected chi connectivity index (χ2v) is 8.42. The molecule has 0 unspecified atom stereocenters. The maximum Gasteiger partial charge on any atom is 0.165 e. The number of piperidine rings is 1. The molecule has 1 aliphatic rings. The molecule has 5 nitrogen and oxygen atoms in total. The number of benzene rings is 3. The van der Waals surface area contributed by atoms with E-state index in [0.29, 0.717) is 60.5 Å². The molecular weight excluding hydrogens is 405 g/mol. The normalized spacial score (nSPS) is 15.8. The fourth-order valence-corrected chi connectivity index (χ4v) is 4.40. The van der Waals surface area contributed by atoms with Crippen LogP contribution in [0.25, 0.3) is 22.3 Å². The van der Waals surface area contributed by atoms with Crippen molar-refractivity contribution in [3.63, 3.8) is 0 Å². The number of halogens is 1. The number of phenols is 1. The van der Waals surface area contributed by atoms with Crippen LogP contribution in [0.2, 0.25) is 0 Å². The molecule has 1 fully saturated rings. The fourth-order valence-electron chi connectivity index (χ4n) is 4.40. The number of hydrogen-bond donors (Lipinski definition) is 2. The molecule has 0 bridgehead atoms. The Morgan fingerprint density at radius 3 is 2.38 bits per heavy atom. The summed E-state index contributed by atoms with van der Waals surface area (Å²) in [6, 6.07) is 21.4. The van der Waals surface area contributed by atoms with Crippen LogP contribution in [0.4, 0.5) is 10.2 Å². The van der Waals surface area contributed by atoms with E-state index in [0.717, 1.165) is 5.56 Å². The second kappa shape index (κ2) is 8.20. The number of fused-ring (bicyclic) bond motifs is 1. The van der Waals surface area contributed by atoms with Gasteiger partial charge in [0.25, 0.3) is 0 Å².